The van der Waals surface area contributed by atoms with Gasteiger partial charge in [0.15, 0.2) is 12.4 Å². The first-order chi connectivity index (χ1) is 14.6. The van der Waals surface area contributed by atoms with Crippen LogP contribution in [0.1, 0.15) is 19.8 Å². The summed E-state index contributed by atoms with van der Waals surface area (Å²) in [5.74, 6) is -5.44. The van der Waals surface area contributed by atoms with Crippen LogP contribution in [0.15, 0.2) is 0 Å². The van der Waals surface area contributed by atoms with Crippen LogP contribution in [0.2, 0.25) is 0 Å². The molecule has 33 heavy (non-hydrogen) atoms. The Balaban J connectivity index is 2.32. The molecule has 0 aromatic heterocycles. The third kappa shape index (κ3) is 5.44. The molecular formula is C16H17F14NO2. The average molecular weight is 521 g/mol. The first-order valence-corrected chi connectivity index (χ1v) is 9.23. The van der Waals surface area contributed by atoms with Crippen molar-refractivity contribution >= 4 is 0 Å². The molecule has 0 aliphatic carbocycles. The molecule has 0 N–H and O–H groups in total. The van der Waals surface area contributed by atoms with Gasteiger partial charge in [0.2, 0.25) is 0 Å². The molecule has 0 saturated carbocycles. The number of halogens is 14. The van der Waals surface area contributed by atoms with Gasteiger partial charge in [0.05, 0.1) is 6.10 Å². The van der Waals surface area contributed by atoms with Gasteiger partial charge in [0, 0.05) is 13.1 Å². The van der Waals surface area contributed by atoms with Crippen LogP contribution < -0.4 is 0 Å². The van der Waals surface area contributed by atoms with E-state index in [1.165, 1.54) is 0 Å². The molecule has 3 nitrogen and oxygen atoms in total. The fraction of sp³-hybridized carbons (Fsp3) is 1.00. The van der Waals surface area contributed by atoms with Crippen molar-refractivity contribution in [1.82, 2.24) is 4.90 Å². The Hall–Kier alpha value is -1.10. The minimum absolute atomic E-state index is 0.206. The van der Waals surface area contributed by atoms with Crippen molar-refractivity contribution in [1.29, 1.82) is 0 Å². The fourth-order valence-corrected chi connectivity index (χ4v) is 3.70. The van der Waals surface area contributed by atoms with Gasteiger partial charge in [0.25, 0.3) is 11.8 Å². The van der Waals surface area contributed by atoms with Gasteiger partial charge >= 0.3 is 24.5 Å². The van der Waals surface area contributed by atoms with E-state index in [-0.39, 0.29) is 4.90 Å². The lowest BCUT2D eigenvalue weighted by atomic mass is 9.92. The molecule has 0 aromatic rings. The highest BCUT2D eigenvalue weighted by atomic mass is 19.4. The number of nitrogens with zero attached hydrogens (tertiary/aromatic N) is 1. The van der Waals surface area contributed by atoms with Crippen molar-refractivity contribution in [3.8, 4) is 0 Å². The Labute approximate surface area is 177 Å². The third-order valence-electron chi connectivity index (χ3n) is 5.30. The molecule has 2 fully saturated rings. The maximum atomic E-state index is 15.2. The average Bonchev–Trinajstić information content (AvgIpc) is 3.14. The highest BCUT2D eigenvalue weighted by Crippen LogP contribution is 2.50. The van der Waals surface area contributed by atoms with Crippen LogP contribution in [0, 0.1) is 0 Å². The quantitative estimate of drug-likeness (QED) is 0.363. The highest BCUT2D eigenvalue weighted by molar-refractivity contribution is 5.06. The summed E-state index contributed by atoms with van der Waals surface area (Å²) < 4.78 is 196. The molecule has 0 amide bonds. The topological polar surface area (TPSA) is 21.7 Å². The SMILES string of the molecule is CC1CN(C(F)C(F)(C2CCC(C(F)(F)C(F)C(F)(F)F)O2)C(F)(F)F)CC(C(F)(F)F)O1. The number of hydrogen-bond acceptors (Lipinski definition) is 3. The molecule has 2 heterocycles. The lowest BCUT2D eigenvalue weighted by molar-refractivity contribution is -0.323. The number of rotatable bonds is 5. The molecule has 2 aliphatic heterocycles. The van der Waals surface area contributed by atoms with Crippen LogP contribution >= 0.6 is 0 Å². The van der Waals surface area contributed by atoms with Gasteiger partial charge < -0.3 is 9.47 Å². The summed E-state index contributed by atoms with van der Waals surface area (Å²) in [7, 11) is 0. The normalized spacial score (nSPS) is 32.5. The van der Waals surface area contributed by atoms with E-state index in [9.17, 15) is 57.1 Å². The van der Waals surface area contributed by atoms with E-state index >= 15 is 4.39 Å². The largest absolute Gasteiger partial charge is 0.429 e. The van der Waals surface area contributed by atoms with Crippen LogP contribution in [0.4, 0.5) is 61.5 Å². The predicted molar refractivity (Wildman–Crippen MR) is 80.5 cm³/mol. The number of hydrogen-bond donors (Lipinski definition) is 0. The molecule has 2 aliphatic rings. The standard InChI is InChI=1S/C16H17F14NO2/c1-6-4-31(5-9(32-6)14(22,23)24)11(18)12(19,16(28,29)30)7-2-3-8(33-7)13(20,21)10(17)15(25,26)27/h6-11H,2-5H2,1H3. The van der Waals surface area contributed by atoms with E-state index in [0.29, 0.717) is 0 Å². The molecule has 2 saturated heterocycles. The molecule has 0 spiro atoms. The van der Waals surface area contributed by atoms with E-state index in [0.717, 1.165) is 6.92 Å². The summed E-state index contributed by atoms with van der Waals surface area (Å²) in [4.78, 5) is -0.206. The maximum absolute atomic E-state index is 15.2. The third-order valence-corrected chi connectivity index (χ3v) is 5.30. The molecule has 17 heteroatoms. The van der Waals surface area contributed by atoms with E-state index in [1.54, 1.807) is 0 Å². The second kappa shape index (κ2) is 8.84. The van der Waals surface area contributed by atoms with Crippen molar-refractivity contribution in [3.05, 3.63) is 0 Å². The summed E-state index contributed by atoms with van der Waals surface area (Å²) in [5.41, 5.74) is -5.23. The summed E-state index contributed by atoms with van der Waals surface area (Å²) >= 11 is 0. The second-order valence-corrected chi connectivity index (χ2v) is 7.80. The lowest BCUT2D eigenvalue weighted by Crippen LogP contribution is -2.66. The Morgan fingerprint density at radius 1 is 0.727 bits per heavy atom. The van der Waals surface area contributed by atoms with Gasteiger partial charge in [-0.2, -0.15) is 39.5 Å². The van der Waals surface area contributed by atoms with Gasteiger partial charge in [-0.15, -0.1) is 0 Å². The molecule has 196 valence electrons. The zero-order chi connectivity index (χ0) is 25.8. The Kier molecular flexibility index (Phi) is 7.54. The second-order valence-electron chi connectivity index (χ2n) is 7.80. The monoisotopic (exact) mass is 521 g/mol. The van der Waals surface area contributed by atoms with Gasteiger partial charge in [-0.3, -0.25) is 4.90 Å². The minimum atomic E-state index is -6.25. The number of morpholine rings is 1. The molecular weight excluding hydrogens is 504 g/mol. The van der Waals surface area contributed by atoms with Gasteiger partial charge in [0.1, 0.15) is 12.2 Å². The Bertz CT molecular complexity index is 680. The zero-order valence-electron chi connectivity index (χ0n) is 16.3. The van der Waals surface area contributed by atoms with Crippen molar-refractivity contribution in [2.24, 2.45) is 0 Å². The van der Waals surface area contributed by atoms with Crippen molar-refractivity contribution in [2.45, 2.75) is 86.8 Å². The molecule has 2 rings (SSSR count). The zero-order valence-corrected chi connectivity index (χ0v) is 16.3. The van der Waals surface area contributed by atoms with E-state index in [1.807, 2.05) is 0 Å². The smallest absolute Gasteiger partial charge is 0.365 e. The van der Waals surface area contributed by atoms with Gasteiger partial charge in [-0.1, -0.05) is 0 Å². The summed E-state index contributed by atoms with van der Waals surface area (Å²) in [6.07, 6.45) is -39.9. The van der Waals surface area contributed by atoms with E-state index in [2.05, 4.69) is 9.47 Å². The summed E-state index contributed by atoms with van der Waals surface area (Å²) in [6.45, 7) is -1.64. The predicted octanol–water partition coefficient (Wildman–Crippen LogP) is 5.29. The maximum Gasteiger partial charge on any atom is 0.429 e. The van der Waals surface area contributed by atoms with Crippen LogP contribution in [-0.4, -0.2) is 85.0 Å². The molecule has 0 aromatic carbocycles. The van der Waals surface area contributed by atoms with E-state index < -0.39 is 92.9 Å². The Morgan fingerprint density at radius 3 is 1.70 bits per heavy atom. The van der Waals surface area contributed by atoms with Crippen LogP contribution in [0.25, 0.3) is 0 Å². The van der Waals surface area contributed by atoms with Crippen molar-refractivity contribution in [3.63, 3.8) is 0 Å². The van der Waals surface area contributed by atoms with E-state index in [4.69, 9.17) is 0 Å². The van der Waals surface area contributed by atoms with Crippen LogP contribution in [-0.2, 0) is 9.47 Å². The van der Waals surface area contributed by atoms with Gasteiger partial charge in [-0.05, 0) is 19.8 Å². The van der Waals surface area contributed by atoms with Crippen LogP contribution in [0.3, 0.4) is 0 Å². The number of ether oxygens (including phenoxy) is 2. The molecule has 7 atom stereocenters. The molecule has 0 radical (unpaired) electrons. The minimum Gasteiger partial charge on any atom is -0.365 e. The molecule has 0 bridgehead atoms. The van der Waals surface area contributed by atoms with Gasteiger partial charge in [-0.25, -0.2) is 22.0 Å². The highest BCUT2D eigenvalue weighted by Gasteiger charge is 2.72. The first-order valence-electron chi connectivity index (χ1n) is 9.23. The summed E-state index contributed by atoms with van der Waals surface area (Å²) in [6, 6.07) is 0. The first kappa shape index (κ1) is 28.1. The lowest BCUT2D eigenvalue weighted by Gasteiger charge is -2.44. The summed E-state index contributed by atoms with van der Waals surface area (Å²) in [5, 5.41) is 0. The Morgan fingerprint density at radius 2 is 1.24 bits per heavy atom. The molecule has 7 unspecified atom stereocenters. The van der Waals surface area contributed by atoms with Crippen molar-refractivity contribution < 1.29 is 70.9 Å². The van der Waals surface area contributed by atoms with Crippen molar-refractivity contribution in [2.75, 3.05) is 13.1 Å². The van der Waals surface area contributed by atoms with Crippen LogP contribution in [0.5, 0.6) is 0 Å². The fourth-order valence-electron chi connectivity index (χ4n) is 3.70. The number of alkyl halides is 14.